The highest BCUT2D eigenvalue weighted by molar-refractivity contribution is 6.16. The minimum Gasteiger partial charge on any atom is -0.312 e. The topological polar surface area (TPSA) is 61.8 Å². The van der Waals surface area contributed by atoms with Gasteiger partial charge in [-0.2, -0.15) is 13.2 Å². The fourth-order valence-electron chi connectivity index (χ4n) is 3.16. The van der Waals surface area contributed by atoms with Gasteiger partial charge in [0.1, 0.15) is 5.84 Å². The molecule has 2 amide bonds. The Hall–Kier alpha value is -3.16. The Morgan fingerprint density at radius 2 is 1.83 bits per heavy atom. The van der Waals surface area contributed by atoms with Crippen LogP contribution in [0.3, 0.4) is 0 Å². The van der Waals surface area contributed by atoms with Gasteiger partial charge in [0, 0.05) is 17.7 Å². The van der Waals surface area contributed by atoms with Gasteiger partial charge in [-0.3, -0.25) is 14.5 Å². The Bertz CT molecular complexity index is 957. The number of hydrogen-bond acceptors (Lipinski definition) is 3. The molecule has 0 saturated carbocycles. The summed E-state index contributed by atoms with van der Waals surface area (Å²) in [5, 5.41) is 1.87. The van der Waals surface area contributed by atoms with Gasteiger partial charge in [-0.25, -0.2) is 4.99 Å². The molecule has 29 heavy (non-hydrogen) atoms. The number of rotatable bonds is 5. The van der Waals surface area contributed by atoms with Gasteiger partial charge < -0.3 is 5.32 Å². The van der Waals surface area contributed by atoms with Crippen molar-refractivity contribution in [1.82, 2.24) is 10.2 Å². The van der Waals surface area contributed by atoms with Crippen LogP contribution in [0, 0.1) is 6.92 Å². The minimum absolute atomic E-state index is 0.0202. The molecule has 0 spiro atoms. The number of hydrogen-bond donors (Lipinski definition) is 1. The van der Waals surface area contributed by atoms with Crippen molar-refractivity contribution in [2.75, 3.05) is 6.54 Å². The fraction of sp³-hybridized carbons (Fsp3) is 0.286. The minimum atomic E-state index is -5.12. The number of nitrogens with zero attached hydrogens (tertiary/aromatic N) is 2. The summed E-state index contributed by atoms with van der Waals surface area (Å²) in [6.45, 7) is 3.51. The quantitative estimate of drug-likeness (QED) is 0.828. The monoisotopic (exact) mass is 403 g/mol. The predicted molar refractivity (Wildman–Crippen MR) is 102 cm³/mol. The van der Waals surface area contributed by atoms with Gasteiger partial charge in [0.05, 0.1) is 0 Å². The number of aliphatic imine (C=N–C) groups is 1. The van der Waals surface area contributed by atoms with Crippen LogP contribution in [0.1, 0.15) is 34.8 Å². The first-order valence-electron chi connectivity index (χ1n) is 9.13. The molecule has 0 aliphatic carbocycles. The number of nitrogens with one attached hydrogen (secondary N) is 1. The first-order chi connectivity index (χ1) is 13.7. The van der Waals surface area contributed by atoms with Crippen LogP contribution >= 0.6 is 0 Å². The highest BCUT2D eigenvalue weighted by Crippen LogP contribution is 2.38. The van der Waals surface area contributed by atoms with E-state index < -0.39 is 23.7 Å². The predicted octanol–water partition coefficient (Wildman–Crippen LogP) is 3.68. The van der Waals surface area contributed by atoms with Crippen LogP contribution in [-0.2, 0) is 4.79 Å². The average molecular weight is 403 g/mol. The first-order valence-corrected chi connectivity index (χ1v) is 9.13. The van der Waals surface area contributed by atoms with Crippen LogP contribution in [0.25, 0.3) is 0 Å². The lowest BCUT2D eigenvalue weighted by Gasteiger charge is -2.29. The number of carbonyl (C=O) groups is 2. The van der Waals surface area contributed by atoms with Crippen molar-refractivity contribution < 1.29 is 22.8 Å². The Morgan fingerprint density at radius 1 is 1.14 bits per heavy atom. The summed E-state index contributed by atoms with van der Waals surface area (Å²) in [4.78, 5) is 30.3. The lowest BCUT2D eigenvalue weighted by atomic mass is 10.1. The average Bonchev–Trinajstić information content (AvgIpc) is 2.96. The number of amidine groups is 1. The van der Waals surface area contributed by atoms with Crippen molar-refractivity contribution in [3.63, 3.8) is 0 Å². The molecule has 1 unspecified atom stereocenters. The molecule has 8 heteroatoms. The molecule has 0 aromatic heterocycles. The summed E-state index contributed by atoms with van der Waals surface area (Å²) in [7, 11) is 0. The van der Waals surface area contributed by atoms with E-state index in [1.54, 1.807) is 56.3 Å². The van der Waals surface area contributed by atoms with Crippen LogP contribution in [-0.4, -0.2) is 40.9 Å². The molecule has 1 aliphatic heterocycles. The third kappa shape index (κ3) is 3.74. The smallest absolute Gasteiger partial charge is 0.312 e. The van der Waals surface area contributed by atoms with Crippen molar-refractivity contribution in [3.05, 3.63) is 71.3 Å². The summed E-state index contributed by atoms with van der Waals surface area (Å²) in [6, 6.07) is 14.3. The van der Waals surface area contributed by atoms with Crippen molar-refractivity contribution in [2.24, 2.45) is 4.99 Å². The molecule has 5 nitrogen and oxygen atoms in total. The van der Waals surface area contributed by atoms with Crippen molar-refractivity contribution >= 4 is 17.6 Å². The van der Waals surface area contributed by atoms with Crippen LogP contribution < -0.4 is 5.32 Å². The van der Waals surface area contributed by atoms with Gasteiger partial charge in [-0.1, -0.05) is 55.0 Å². The van der Waals surface area contributed by atoms with E-state index in [-0.39, 0.29) is 17.9 Å². The number of amides is 2. The SMILES string of the molecule is CCCN1C(=O)C(NC(=O)c2cccc(C)c2)(C(F)(F)F)N=C1c1ccccc1. The maximum Gasteiger partial charge on any atom is 0.442 e. The molecule has 2 aromatic carbocycles. The lowest BCUT2D eigenvalue weighted by molar-refractivity contribution is -0.196. The third-order valence-electron chi connectivity index (χ3n) is 4.55. The van der Waals surface area contributed by atoms with Gasteiger partial charge in [0.25, 0.3) is 11.8 Å². The number of benzene rings is 2. The van der Waals surface area contributed by atoms with E-state index in [0.717, 1.165) is 4.90 Å². The van der Waals surface area contributed by atoms with Gasteiger partial charge in [-0.05, 0) is 25.5 Å². The molecule has 3 rings (SSSR count). The molecule has 0 bridgehead atoms. The van der Waals surface area contributed by atoms with Crippen LogP contribution in [0.4, 0.5) is 13.2 Å². The Kier molecular flexibility index (Phi) is 5.46. The van der Waals surface area contributed by atoms with E-state index in [1.807, 2.05) is 5.32 Å². The van der Waals surface area contributed by atoms with Crippen LogP contribution in [0.15, 0.2) is 59.6 Å². The normalized spacial score (nSPS) is 19.3. The standard InChI is InChI=1S/C21H20F3N3O2/c1-3-12-27-17(15-9-5-4-6-10-15)25-20(19(27)29,21(22,23)24)26-18(28)16-11-7-8-14(2)13-16/h4-11,13H,3,12H2,1-2H3,(H,26,28). The molecule has 1 aliphatic rings. The lowest BCUT2D eigenvalue weighted by Crippen LogP contribution is -2.63. The van der Waals surface area contributed by atoms with Gasteiger partial charge in [-0.15, -0.1) is 0 Å². The van der Waals surface area contributed by atoms with E-state index in [0.29, 0.717) is 17.5 Å². The van der Waals surface area contributed by atoms with Crippen LogP contribution in [0.5, 0.6) is 0 Å². The maximum absolute atomic E-state index is 14.2. The van der Waals surface area contributed by atoms with Gasteiger partial charge in [0.2, 0.25) is 0 Å². The van der Waals surface area contributed by atoms with Crippen LogP contribution in [0.2, 0.25) is 0 Å². The van der Waals surface area contributed by atoms with E-state index in [4.69, 9.17) is 0 Å². The van der Waals surface area contributed by atoms with Crippen molar-refractivity contribution in [3.8, 4) is 0 Å². The molecule has 152 valence electrons. The largest absolute Gasteiger partial charge is 0.442 e. The third-order valence-corrected chi connectivity index (χ3v) is 4.55. The summed E-state index contributed by atoms with van der Waals surface area (Å²) >= 11 is 0. The molecule has 1 atom stereocenters. The summed E-state index contributed by atoms with van der Waals surface area (Å²) < 4.78 is 42.5. The first kappa shape index (κ1) is 20.6. The Labute approximate surface area is 166 Å². The number of halogens is 3. The zero-order chi connectivity index (χ0) is 21.2. The summed E-state index contributed by atoms with van der Waals surface area (Å²) in [5.41, 5.74) is -2.27. The van der Waals surface area contributed by atoms with Gasteiger partial charge in [0.15, 0.2) is 0 Å². The molecule has 1 heterocycles. The van der Waals surface area contributed by atoms with Gasteiger partial charge >= 0.3 is 11.8 Å². The van der Waals surface area contributed by atoms with Crippen molar-refractivity contribution in [2.45, 2.75) is 32.1 Å². The molecule has 0 radical (unpaired) electrons. The maximum atomic E-state index is 14.2. The highest BCUT2D eigenvalue weighted by Gasteiger charge is 2.67. The molecular formula is C21H20F3N3O2. The summed E-state index contributed by atoms with van der Waals surface area (Å²) in [5.74, 6) is -2.44. The van der Waals surface area contributed by atoms with Crippen molar-refractivity contribution in [1.29, 1.82) is 0 Å². The molecule has 2 aromatic rings. The molecule has 0 fully saturated rings. The molecule has 0 saturated heterocycles. The second-order valence-corrected chi connectivity index (χ2v) is 6.79. The zero-order valence-corrected chi connectivity index (χ0v) is 16.0. The molecule has 1 N–H and O–H groups in total. The second kappa shape index (κ2) is 7.69. The Morgan fingerprint density at radius 3 is 2.41 bits per heavy atom. The molecular weight excluding hydrogens is 383 g/mol. The number of aryl methyl sites for hydroxylation is 1. The number of carbonyl (C=O) groups excluding carboxylic acids is 2. The van der Waals surface area contributed by atoms with E-state index >= 15 is 0 Å². The number of alkyl halides is 3. The van der Waals surface area contributed by atoms with E-state index in [2.05, 4.69) is 4.99 Å². The fourth-order valence-corrected chi connectivity index (χ4v) is 3.16. The summed E-state index contributed by atoms with van der Waals surface area (Å²) in [6.07, 6.45) is -4.69. The van der Waals surface area contributed by atoms with E-state index in [1.165, 1.54) is 12.1 Å². The zero-order valence-electron chi connectivity index (χ0n) is 16.0. The second-order valence-electron chi connectivity index (χ2n) is 6.79. The Balaban J connectivity index is 2.10. The van der Waals surface area contributed by atoms with E-state index in [9.17, 15) is 22.8 Å². The highest BCUT2D eigenvalue weighted by atomic mass is 19.4.